The maximum atomic E-state index is 11.3. The number of rotatable bonds is 6. The van der Waals surface area contributed by atoms with Crippen LogP contribution in [0.4, 0.5) is 23.1 Å². The molecule has 0 bridgehead atoms. The van der Waals surface area contributed by atoms with E-state index >= 15 is 0 Å². The first kappa shape index (κ1) is 16.3. The molecule has 25 heavy (non-hydrogen) atoms. The molecule has 126 valence electrons. The van der Waals surface area contributed by atoms with Gasteiger partial charge in [0.15, 0.2) is 0 Å². The van der Waals surface area contributed by atoms with Gasteiger partial charge in [0.2, 0.25) is 5.95 Å². The van der Waals surface area contributed by atoms with Crippen molar-refractivity contribution < 1.29 is 14.6 Å². The Balaban J connectivity index is 1.78. The summed E-state index contributed by atoms with van der Waals surface area (Å²) < 4.78 is 5.12. The minimum absolute atomic E-state index is 0.172. The molecule has 0 atom stereocenters. The van der Waals surface area contributed by atoms with E-state index in [1.165, 1.54) is 6.07 Å². The molecule has 0 aliphatic rings. The maximum Gasteiger partial charge on any atom is 0.337 e. The van der Waals surface area contributed by atoms with Gasteiger partial charge in [0.1, 0.15) is 11.6 Å². The van der Waals surface area contributed by atoms with Crippen LogP contribution in [0.15, 0.2) is 60.8 Å². The summed E-state index contributed by atoms with van der Waals surface area (Å²) in [7, 11) is 1.61. The molecule has 0 radical (unpaired) electrons. The van der Waals surface area contributed by atoms with Crippen LogP contribution in [-0.4, -0.2) is 28.2 Å². The highest BCUT2D eigenvalue weighted by Gasteiger charge is 2.10. The zero-order valence-electron chi connectivity index (χ0n) is 13.4. The molecule has 1 aromatic heterocycles. The van der Waals surface area contributed by atoms with Crippen LogP contribution < -0.4 is 15.4 Å². The summed E-state index contributed by atoms with van der Waals surface area (Å²) in [5.74, 6) is 0.628. The van der Waals surface area contributed by atoms with E-state index in [0.29, 0.717) is 17.5 Å². The monoisotopic (exact) mass is 336 g/mol. The average molecular weight is 336 g/mol. The number of anilines is 4. The van der Waals surface area contributed by atoms with E-state index in [1.54, 1.807) is 37.6 Å². The van der Waals surface area contributed by atoms with E-state index in [0.717, 1.165) is 11.4 Å². The third kappa shape index (κ3) is 4.03. The predicted octanol–water partition coefficient (Wildman–Crippen LogP) is 3.67. The van der Waals surface area contributed by atoms with Crippen molar-refractivity contribution in [3.05, 3.63) is 66.4 Å². The summed E-state index contributed by atoms with van der Waals surface area (Å²) in [5, 5.41) is 15.3. The van der Waals surface area contributed by atoms with Crippen LogP contribution in [0.3, 0.4) is 0 Å². The Kier molecular flexibility index (Phi) is 4.75. The van der Waals surface area contributed by atoms with Crippen LogP contribution in [0.5, 0.6) is 5.75 Å². The summed E-state index contributed by atoms with van der Waals surface area (Å²) in [6.07, 6.45) is 1.59. The van der Waals surface area contributed by atoms with Gasteiger partial charge in [-0.25, -0.2) is 9.78 Å². The number of ether oxygens (including phenoxy) is 1. The molecule has 3 N–H and O–H groups in total. The molecule has 7 heteroatoms. The molecule has 0 fully saturated rings. The first-order valence-electron chi connectivity index (χ1n) is 7.49. The van der Waals surface area contributed by atoms with Crippen molar-refractivity contribution in [2.24, 2.45) is 0 Å². The highest BCUT2D eigenvalue weighted by atomic mass is 16.5. The molecule has 3 aromatic rings. The summed E-state index contributed by atoms with van der Waals surface area (Å²) in [6.45, 7) is 0. The molecular formula is C18H16N4O3. The molecular weight excluding hydrogens is 320 g/mol. The molecule has 0 aliphatic carbocycles. The van der Waals surface area contributed by atoms with E-state index in [1.807, 2.05) is 24.3 Å². The minimum Gasteiger partial charge on any atom is -0.497 e. The van der Waals surface area contributed by atoms with E-state index in [4.69, 9.17) is 4.74 Å². The Morgan fingerprint density at radius 2 is 1.80 bits per heavy atom. The number of carboxylic acids is 1. The van der Waals surface area contributed by atoms with Crippen LogP contribution in [0.1, 0.15) is 10.4 Å². The predicted molar refractivity (Wildman–Crippen MR) is 95.0 cm³/mol. The number of benzene rings is 2. The number of carbonyl (C=O) groups is 1. The van der Waals surface area contributed by atoms with Crippen molar-refractivity contribution in [3.63, 3.8) is 0 Å². The summed E-state index contributed by atoms with van der Waals surface area (Å²) in [5.41, 5.74) is 1.44. The zero-order valence-corrected chi connectivity index (χ0v) is 13.4. The standard InChI is InChI=1S/C18H16N4O3/c1-25-13-8-6-12(7-9-13)20-18-19-11-10-16(22-18)21-15-5-3-2-4-14(15)17(23)24/h2-11H,1H3,(H,23,24)(H2,19,20,21,22). The lowest BCUT2D eigenvalue weighted by atomic mass is 10.2. The van der Waals surface area contributed by atoms with Crippen molar-refractivity contribution in [3.8, 4) is 5.75 Å². The SMILES string of the molecule is COc1ccc(Nc2nccc(Nc3ccccc3C(=O)O)n2)cc1. The molecule has 0 spiro atoms. The Morgan fingerprint density at radius 1 is 1.04 bits per heavy atom. The second kappa shape index (κ2) is 7.31. The Hall–Kier alpha value is -3.61. The van der Waals surface area contributed by atoms with Gasteiger partial charge in [0, 0.05) is 11.9 Å². The Labute approximate surface area is 144 Å². The number of nitrogens with zero attached hydrogens (tertiary/aromatic N) is 2. The largest absolute Gasteiger partial charge is 0.497 e. The smallest absolute Gasteiger partial charge is 0.337 e. The quantitative estimate of drug-likeness (QED) is 0.632. The number of aromatic carboxylic acids is 1. The fourth-order valence-corrected chi connectivity index (χ4v) is 2.21. The number of hydrogen-bond donors (Lipinski definition) is 3. The van der Waals surface area contributed by atoms with Gasteiger partial charge in [-0.1, -0.05) is 12.1 Å². The molecule has 0 saturated heterocycles. The second-order valence-electron chi connectivity index (χ2n) is 5.09. The van der Waals surface area contributed by atoms with Gasteiger partial charge in [-0.15, -0.1) is 0 Å². The first-order valence-corrected chi connectivity index (χ1v) is 7.49. The number of carboxylic acid groups (broad SMARTS) is 1. The molecule has 0 unspecified atom stereocenters. The topological polar surface area (TPSA) is 96.4 Å². The fourth-order valence-electron chi connectivity index (χ4n) is 2.21. The summed E-state index contributed by atoms with van der Waals surface area (Å²) in [4.78, 5) is 19.8. The van der Waals surface area contributed by atoms with Crippen molar-refractivity contribution in [2.45, 2.75) is 0 Å². The van der Waals surface area contributed by atoms with Crippen LogP contribution in [-0.2, 0) is 0 Å². The lowest BCUT2D eigenvalue weighted by Crippen LogP contribution is -2.04. The van der Waals surface area contributed by atoms with Crippen LogP contribution in [0.25, 0.3) is 0 Å². The average Bonchev–Trinajstić information content (AvgIpc) is 2.63. The highest BCUT2D eigenvalue weighted by molar-refractivity contribution is 5.95. The number of aromatic nitrogens is 2. The van der Waals surface area contributed by atoms with E-state index < -0.39 is 5.97 Å². The Bertz CT molecular complexity index is 881. The lowest BCUT2D eigenvalue weighted by molar-refractivity contribution is 0.0698. The molecule has 1 heterocycles. The van der Waals surface area contributed by atoms with Gasteiger partial charge >= 0.3 is 5.97 Å². The third-order valence-corrected chi connectivity index (χ3v) is 3.42. The summed E-state index contributed by atoms with van der Waals surface area (Å²) in [6, 6.07) is 15.7. The lowest BCUT2D eigenvalue weighted by Gasteiger charge is -2.10. The molecule has 0 saturated carbocycles. The number of methoxy groups -OCH3 is 1. The van der Waals surface area contributed by atoms with E-state index in [9.17, 15) is 9.90 Å². The van der Waals surface area contributed by atoms with Gasteiger partial charge in [-0.05, 0) is 42.5 Å². The molecule has 2 aromatic carbocycles. The van der Waals surface area contributed by atoms with Crippen LogP contribution in [0, 0.1) is 0 Å². The number of para-hydroxylation sites is 1. The zero-order chi connectivity index (χ0) is 17.6. The fraction of sp³-hybridized carbons (Fsp3) is 0.0556. The van der Waals surface area contributed by atoms with Crippen molar-refractivity contribution >= 4 is 29.1 Å². The van der Waals surface area contributed by atoms with E-state index in [-0.39, 0.29) is 5.56 Å². The summed E-state index contributed by atoms with van der Waals surface area (Å²) >= 11 is 0. The van der Waals surface area contributed by atoms with Gasteiger partial charge in [0.25, 0.3) is 0 Å². The first-order chi connectivity index (χ1) is 12.2. The minimum atomic E-state index is -1.01. The van der Waals surface area contributed by atoms with Gasteiger partial charge in [-0.3, -0.25) is 0 Å². The molecule has 0 aliphatic heterocycles. The van der Waals surface area contributed by atoms with Crippen LogP contribution >= 0.6 is 0 Å². The maximum absolute atomic E-state index is 11.3. The molecule has 3 rings (SSSR count). The highest BCUT2D eigenvalue weighted by Crippen LogP contribution is 2.22. The second-order valence-corrected chi connectivity index (χ2v) is 5.09. The number of hydrogen-bond acceptors (Lipinski definition) is 6. The normalized spacial score (nSPS) is 10.1. The molecule has 7 nitrogen and oxygen atoms in total. The van der Waals surface area contributed by atoms with Crippen molar-refractivity contribution in [1.29, 1.82) is 0 Å². The van der Waals surface area contributed by atoms with E-state index in [2.05, 4.69) is 20.6 Å². The number of nitrogens with one attached hydrogen (secondary N) is 2. The van der Waals surface area contributed by atoms with Gasteiger partial charge < -0.3 is 20.5 Å². The van der Waals surface area contributed by atoms with Gasteiger partial charge in [0.05, 0.1) is 18.4 Å². The van der Waals surface area contributed by atoms with Crippen molar-refractivity contribution in [2.75, 3.05) is 17.7 Å². The van der Waals surface area contributed by atoms with Crippen molar-refractivity contribution in [1.82, 2.24) is 9.97 Å². The van der Waals surface area contributed by atoms with Crippen LogP contribution in [0.2, 0.25) is 0 Å². The third-order valence-electron chi connectivity index (χ3n) is 3.42. The Morgan fingerprint density at radius 3 is 2.52 bits per heavy atom. The molecule has 0 amide bonds. The van der Waals surface area contributed by atoms with Gasteiger partial charge in [-0.2, -0.15) is 4.98 Å².